The average molecular weight is 393 g/mol. The van der Waals surface area contributed by atoms with Gasteiger partial charge < -0.3 is 14.8 Å². The van der Waals surface area contributed by atoms with E-state index in [2.05, 4.69) is 21.2 Å². The molecule has 8 heteroatoms. The fraction of sp³-hybridized carbons (Fsp3) is 0.571. The predicted molar refractivity (Wildman–Crippen MR) is 88.1 cm³/mol. The van der Waals surface area contributed by atoms with Crippen molar-refractivity contribution >= 4 is 26.0 Å². The molecule has 1 saturated heterocycles. The van der Waals surface area contributed by atoms with Gasteiger partial charge in [-0.1, -0.05) is 0 Å². The van der Waals surface area contributed by atoms with Crippen LogP contribution in [0.2, 0.25) is 0 Å². The van der Waals surface area contributed by atoms with Gasteiger partial charge in [-0.05, 0) is 41.9 Å². The summed E-state index contributed by atoms with van der Waals surface area (Å²) in [7, 11) is 1.25. The highest BCUT2D eigenvalue weighted by Crippen LogP contribution is 2.38. The van der Waals surface area contributed by atoms with Gasteiger partial charge in [-0.2, -0.15) is 4.31 Å². The number of rotatable bonds is 6. The topological polar surface area (TPSA) is 67.9 Å². The van der Waals surface area contributed by atoms with E-state index in [4.69, 9.17) is 9.47 Å². The van der Waals surface area contributed by atoms with E-state index in [9.17, 15) is 8.42 Å². The van der Waals surface area contributed by atoms with Crippen LogP contribution < -0.4 is 14.8 Å². The Kier molecular flexibility index (Phi) is 5.70. The Labute approximate surface area is 140 Å². The molecule has 2 rings (SSSR count). The van der Waals surface area contributed by atoms with Gasteiger partial charge in [0.1, 0.15) is 4.90 Å². The minimum Gasteiger partial charge on any atom is -0.493 e. The molecule has 1 aromatic rings. The van der Waals surface area contributed by atoms with E-state index in [1.54, 1.807) is 10.4 Å². The number of benzene rings is 1. The smallest absolute Gasteiger partial charge is 0.244 e. The molecule has 1 aliphatic rings. The Bertz CT molecular complexity index is 636. The van der Waals surface area contributed by atoms with Crippen molar-refractivity contribution in [3.8, 4) is 11.5 Å². The van der Waals surface area contributed by atoms with E-state index in [0.717, 1.165) is 12.8 Å². The number of halogens is 1. The molecule has 22 heavy (non-hydrogen) atoms. The predicted octanol–water partition coefficient (Wildman–Crippen LogP) is 1.84. The maximum absolute atomic E-state index is 13.0. The van der Waals surface area contributed by atoms with E-state index in [1.165, 1.54) is 20.3 Å². The van der Waals surface area contributed by atoms with Gasteiger partial charge in [-0.15, -0.1) is 0 Å². The van der Waals surface area contributed by atoms with Crippen molar-refractivity contribution in [1.29, 1.82) is 0 Å². The molecular formula is C14H21BrN2O4S. The third-order valence-corrected chi connectivity index (χ3v) is 6.70. The molecular weight excluding hydrogens is 372 g/mol. The van der Waals surface area contributed by atoms with Crippen molar-refractivity contribution in [3.05, 3.63) is 16.6 Å². The second-order valence-corrected chi connectivity index (χ2v) is 7.82. The SMILES string of the molecule is CNCC1CCCN1S(=O)(=O)c1cc(OC)c(OC)cc1Br. The van der Waals surface area contributed by atoms with E-state index < -0.39 is 10.0 Å². The number of sulfonamides is 1. The highest BCUT2D eigenvalue weighted by molar-refractivity contribution is 9.10. The van der Waals surface area contributed by atoms with Crippen LogP contribution in [0.15, 0.2) is 21.5 Å². The largest absolute Gasteiger partial charge is 0.493 e. The number of hydrogen-bond donors (Lipinski definition) is 1. The summed E-state index contributed by atoms with van der Waals surface area (Å²) in [6, 6.07) is 3.11. The molecule has 124 valence electrons. The van der Waals surface area contributed by atoms with Crippen molar-refractivity contribution in [2.24, 2.45) is 0 Å². The van der Waals surface area contributed by atoms with Crippen LogP contribution in [0.5, 0.6) is 11.5 Å². The normalized spacial score (nSPS) is 19.4. The Morgan fingerprint density at radius 1 is 1.32 bits per heavy atom. The van der Waals surface area contributed by atoms with Crippen LogP contribution >= 0.6 is 15.9 Å². The zero-order valence-electron chi connectivity index (χ0n) is 12.9. The maximum atomic E-state index is 13.0. The summed E-state index contributed by atoms with van der Waals surface area (Å²) in [6.45, 7) is 1.18. The van der Waals surface area contributed by atoms with Gasteiger partial charge in [0.05, 0.1) is 14.2 Å². The first-order valence-electron chi connectivity index (χ1n) is 7.03. The van der Waals surface area contributed by atoms with E-state index in [-0.39, 0.29) is 10.9 Å². The highest BCUT2D eigenvalue weighted by Gasteiger charge is 2.36. The van der Waals surface area contributed by atoms with Gasteiger partial charge in [-0.25, -0.2) is 8.42 Å². The molecule has 1 N–H and O–H groups in total. The molecule has 6 nitrogen and oxygen atoms in total. The molecule has 0 aromatic heterocycles. The molecule has 0 aliphatic carbocycles. The van der Waals surface area contributed by atoms with E-state index >= 15 is 0 Å². The Balaban J connectivity index is 2.45. The van der Waals surface area contributed by atoms with Gasteiger partial charge in [0.2, 0.25) is 10.0 Å². The third-order valence-electron chi connectivity index (χ3n) is 3.79. The summed E-state index contributed by atoms with van der Waals surface area (Å²) in [5.74, 6) is 0.884. The van der Waals surface area contributed by atoms with E-state index in [0.29, 0.717) is 29.1 Å². The van der Waals surface area contributed by atoms with Gasteiger partial charge >= 0.3 is 0 Å². The molecule has 1 unspecified atom stereocenters. The molecule has 1 atom stereocenters. The van der Waals surface area contributed by atoms with Crippen molar-refractivity contribution in [3.63, 3.8) is 0 Å². The van der Waals surface area contributed by atoms with Crippen LogP contribution in [0.1, 0.15) is 12.8 Å². The minimum absolute atomic E-state index is 0.0185. The molecule has 0 spiro atoms. The number of ether oxygens (including phenoxy) is 2. The van der Waals surface area contributed by atoms with Gasteiger partial charge in [-0.3, -0.25) is 0 Å². The number of nitrogens with one attached hydrogen (secondary N) is 1. The van der Waals surface area contributed by atoms with Crippen LogP contribution in [0.25, 0.3) is 0 Å². The molecule has 1 heterocycles. The lowest BCUT2D eigenvalue weighted by atomic mass is 10.2. The molecule has 0 bridgehead atoms. The number of nitrogens with zero attached hydrogens (tertiary/aromatic N) is 1. The van der Waals surface area contributed by atoms with Gasteiger partial charge in [0.15, 0.2) is 11.5 Å². The summed E-state index contributed by atoms with van der Waals surface area (Å²) in [5.41, 5.74) is 0. The Hall–Kier alpha value is -0.830. The average Bonchev–Trinajstić information content (AvgIpc) is 2.96. The summed E-state index contributed by atoms with van der Waals surface area (Å²) in [6.07, 6.45) is 1.74. The quantitative estimate of drug-likeness (QED) is 0.799. The highest BCUT2D eigenvalue weighted by atomic mass is 79.9. The number of methoxy groups -OCH3 is 2. The van der Waals surface area contributed by atoms with Crippen LogP contribution in [0.4, 0.5) is 0 Å². The molecule has 1 aliphatic heterocycles. The Morgan fingerprint density at radius 2 is 1.95 bits per heavy atom. The standard InChI is InChI=1S/C14H21BrN2O4S/c1-16-9-10-5-4-6-17(10)22(18,19)14-8-13(21-3)12(20-2)7-11(14)15/h7-8,10,16H,4-6,9H2,1-3H3. The molecule has 0 radical (unpaired) electrons. The molecule has 0 saturated carbocycles. The lowest BCUT2D eigenvalue weighted by Gasteiger charge is -2.25. The zero-order chi connectivity index (χ0) is 16.3. The molecule has 1 fully saturated rings. The van der Waals surface area contributed by atoms with Crippen molar-refractivity contribution in [1.82, 2.24) is 9.62 Å². The number of likely N-dealkylation sites (N-methyl/N-ethyl adjacent to an activating group) is 1. The van der Waals surface area contributed by atoms with Crippen LogP contribution in [0.3, 0.4) is 0 Å². The fourth-order valence-electron chi connectivity index (χ4n) is 2.72. The van der Waals surface area contributed by atoms with Crippen LogP contribution in [0, 0.1) is 0 Å². The zero-order valence-corrected chi connectivity index (χ0v) is 15.3. The number of hydrogen-bond acceptors (Lipinski definition) is 5. The fourth-order valence-corrected chi connectivity index (χ4v) is 5.42. The Morgan fingerprint density at radius 3 is 2.55 bits per heavy atom. The van der Waals surface area contributed by atoms with Crippen molar-refractivity contribution < 1.29 is 17.9 Å². The van der Waals surface area contributed by atoms with Crippen LogP contribution in [-0.4, -0.2) is 53.1 Å². The summed E-state index contributed by atoms with van der Waals surface area (Å²) in [4.78, 5) is 0.202. The van der Waals surface area contributed by atoms with Gasteiger partial charge in [0, 0.05) is 29.7 Å². The lowest BCUT2D eigenvalue weighted by Crippen LogP contribution is -2.40. The summed E-state index contributed by atoms with van der Waals surface area (Å²) >= 11 is 3.34. The van der Waals surface area contributed by atoms with E-state index in [1.807, 2.05) is 7.05 Å². The second-order valence-electron chi connectivity index (χ2n) is 5.11. The third kappa shape index (κ3) is 3.24. The molecule has 1 aromatic carbocycles. The van der Waals surface area contributed by atoms with Crippen LogP contribution in [-0.2, 0) is 10.0 Å². The second kappa shape index (κ2) is 7.16. The van der Waals surface area contributed by atoms with Crippen molar-refractivity contribution in [2.75, 3.05) is 34.4 Å². The minimum atomic E-state index is -3.59. The first-order chi connectivity index (χ1) is 10.5. The van der Waals surface area contributed by atoms with Gasteiger partial charge in [0.25, 0.3) is 0 Å². The molecule has 0 amide bonds. The summed E-state index contributed by atoms with van der Waals surface area (Å²) < 4.78 is 38.4. The monoisotopic (exact) mass is 392 g/mol. The summed E-state index contributed by atoms with van der Waals surface area (Å²) in [5, 5.41) is 3.06. The maximum Gasteiger partial charge on any atom is 0.244 e. The first-order valence-corrected chi connectivity index (χ1v) is 9.27. The first kappa shape index (κ1) is 17.5. The van der Waals surface area contributed by atoms with Crippen molar-refractivity contribution in [2.45, 2.75) is 23.8 Å². The lowest BCUT2D eigenvalue weighted by molar-refractivity contribution is 0.352.